The van der Waals surface area contributed by atoms with Crippen LogP contribution in [0.15, 0.2) is 27.4 Å². The molecule has 3 rings (SSSR count). The van der Waals surface area contributed by atoms with Crippen molar-refractivity contribution < 1.29 is 32.2 Å². The summed E-state index contributed by atoms with van der Waals surface area (Å²) in [5, 5.41) is 10.1. The number of rotatable bonds is 3. The quantitative estimate of drug-likeness (QED) is 0.816. The summed E-state index contributed by atoms with van der Waals surface area (Å²) in [5.74, 6) is -4.68. The van der Waals surface area contributed by atoms with Gasteiger partial charge in [0.25, 0.3) is 0 Å². The van der Waals surface area contributed by atoms with E-state index in [4.69, 9.17) is 14.9 Å². The zero-order chi connectivity index (χ0) is 17.7. The summed E-state index contributed by atoms with van der Waals surface area (Å²) >= 11 is 0. The molecule has 3 N–H and O–H groups in total. The molecule has 0 unspecified atom stereocenters. The van der Waals surface area contributed by atoms with Crippen LogP contribution in [0.2, 0.25) is 0 Å². The first-order valence-electron chi connectivity index (χ1n) is 6.76. The number of carbonyl (C=O) groups is 1. The molecular weight excluding hydrogens is 335 g/mol. The highest BCUT2D eigenvalue weighted by molar-refractivity contribution is 5.87. The second-order valence-corrected chi connectivity index (χ2v) is 5.19. The molecule has 2 aromatic rings. The van der Waals surface area contributed by atoms with E-state index in [2.05, 4.69) is 0 Å². The number of carbonyl (C=O) groups excluding carboxylic acids is 1. The van der Waals surface area contributed by atoms with E-state index in [9.17, 15) is 27.9 Å². The van der Waals surface area contributed by atoms with Crippen molar-refractivity contribution in [1.29, 1.82) is 0 Å². The Bertz CT molecular complexity index is 859. The molecule has 0 saturated carbocycles. The molecule has 1 fully saturated rings. The average molecular weight is 347 g/mol. The van der Waals surface area contributed by atoms with Crippen molar-refractivity contribution in [2.24, 2.45) is 5.73 Å². The molecule has 1 aromatic carbocycles. The van der Waals surface area contributed by atoms with Gasteiger partial charge in [0.15, 0.2) is 5.58 Å². The van der Waals surface area contributed by atoms with Gasteiger partial charge in [-0.15, -0.1) is 0 Å². The third kappa shape index (κ3) is 2.61. The molecule has 0 aliphatic carbocycles. The van der Waals surface area contributed by atoms with Crippen molar-refractivity contribution in [3.05, 3.63) is 28.7 Å². The Morgan fingerprint density at radius 3 is 2.75 bits per heavy atom. The molecule has 2 heterocycles. The number of benzene rings is 1. The number of nitrogens with two attached hydrogens (primary N) is 1. The topological polar surface area (TPSA) is 111 Å². The number of oxazole rings is 1. The monoisotopic (exact) mass is 347 g/mol. The first-order valence-corrected chi connectivity index (χ1v) is 6.76. The predicted molar refractivity (Wildman–Crippen MR) is 74.0 cm³/mol. The van der Waals surface area contributed by atoms with Gasteiger partial charge in [-0.25, -0.2) is 4.79 Å². The Hall–Kier alpha value is -2.53. The summed E-state index contributed by atoms with van der Waals surface area (Å²) in [6.45, 7) is -1.37. The predicted octanol–water partition coefficient (Wildman–Crippen LogP) is 0.125. The van der Waals surface area contributed by atoms with E-state index >= 15 is 0 Å². The van der Waals surface area contributed by atoms with Gasteiger partial charge < -0.3 is 24.9 Å². The van der Waals surface area contributed by atoms with Gasteiger partial charge in [-0.1, -0.05) is 0 Å². The Kier molecular flexibility index (Phi) is 3.57. The second-order valence-electron chi connectivity index (χ2n) is 5.19. The van der Waals surface area contributed by atoms with Crippen molar-refractivity contribution >= 4 is 22.7 Å². The molecule has 1 aliphatic rings. The number of hydrogen-bond acceptors (Lipinski definition) is 6. The minimum atomic E-state index is -4.59. The fraction of sp³-hybridized carbons (Fsp3) is 0.385. The maximum Gasteiger partial charge on any atom is 0.420 e. The molecule has 8 nitrogen and oxygen atoms in total. The molecule has 1 aliphatic heterocycles. The first-order chi connectivity index (χ1) is 11.1. The van der Waals surface area contributed by atoms with E-state index in [-0.39, 0.29) is 29.9 Å². The maximum atomic E-state index is 12.5. The first kappa shape index (κ1) is 16.3. The molecule has 1 saturated heterocycles. The molecule has 130 valence electrons. The zero-order valence-corrected chi connectivity index (χ0v) is 12.0. The number of primary amides is 1. The SMILES string of the molecule is NC(=O)[C@]1(O)OCCN1c1ccc2c(c1)oc(=O)n2CC(F)(F)F. The highest BCUT2D eigenvalue weighted by atomic mass is 19.4. The Morgan fingerprint density at radius 1 is 1.42 bits per heavy atom. The van der Waals surface area contributed by atoms with Crippen LogP contribution < -0.4 is 16.4 Å². The van der Waals surface area contributed by atoms with Gasteiger partial charge in [0.1, 0.15) is 6.54 Å². The van der Waals surface area contributed by atoms with E-state index < -0.39 is 30.3 Å². The highest BCUT2D eigenvalue weighted by Gasteiger charge is 2.47. The Balaban J connectivity index is 2.05. The number of amides is 1. The zero-order valence-electron chi connectivity index (χ0n) is 12.0. The molecule has 0 radical (unpaired) electrons. The smallest absolute Gasteiger partial charge is 0.408 e. The van der Waals surface area contributed by atoms with Crippen LogP contribution in [0.5, 0.6) is 0 Å². The number of fused-ring (bicyclic) bond motifs is 1. The molecule has 11 heteroatoms. The summed E-state index contributed by atoms with van der Waals surface area (Å²) in [6, 6.07) is 3.78. The number of alkyl halides is 3. The number of anilines is 1. The van der Waals surface area contributed by atoms with Crippen molar-refractivity contribution in [2.45, 2.75) is 18.6 Å². The van der Waals surface area contributed by atoms with E-state index in [1.54, 1.807) is 0 Å². The third-order valence-corrected chi connectivity index (χ3v) is 3.61. The maximum absolute atomic E-state index is 12.5. The summed E-state index contributed by atoms with van der Waals surface area (Å²) in [6.07, 6.45) is -4.59. The van der Waals surface area contributed by atoms with Crippen LogP contribution in [0.4, 0.5) is 18.9 Å². The van der Waals surface area contributed by atoms with E-state index in [1.807, 2.05) is 0 Å². The third-order valence-electron chi connectivity index (χ3n) is 3.61. The summed E-state index contributed by atoms with van der Waals surface area (Å²) < 4.78 is 47.8. The Morgan fingerprint density at radius 2 is 2.12 bits per heavy atom. The van der Waals surface area contributed by atoms with Crippen molar-refractivity contribution in [1.82, 2.24) is 4.57 Å². The van der Waals surface area contributed by atoms with Crippen LogP contribution in [0.1, 0.15) is 0 Å². The lowest BCUT2D eigenvalue weighted by Crippen LogP contribution is -2.55. The number of aliphatic hydroxyl groups is 1. The number of ether oxygens (including phenoxy) is 1. The fourth-order valence-electron chi connectivity index (χ4n) is 2.57. The minimum Gasteiger partial charge on any atom is -0.408 e. The van der Waals surface area contributed by atoms with Crippen LogP contribution in [-0.4, -0.2) is 40.8 Å². The van der Waals surface area contributed by atoms with Crippen molar-refractivity contribution in [2.75, 3.05) is 18.1 Å². The van der Waals surface area contributed by atoms with Crippen molar-refractivity contribution in [3.8, 4) is 0 Å². The second kappa shape index (κ2) is 5.24. The molecule has 1 aromatic heterocycles. The molecule has 1 atom stereocenters. The lowest BCUT2D eigenvalue weighted by atomic mass is 10.2. The number of nitrogens with zero attached hydrogens (tertiary/aromatic N) is 2. The summed E-state index contributed by atoms with van der Waals surface area (Å²) in [5.41, 5.74) is 5.12. The van der Waals surface area contributed by atoms with Crippen molar-refractivity contribution in [3.63, 3.8) is 0 Å². The lowest BCUT2D eigenvalue weighted by molar-refractivity contribution is -0.184. The Labute approximate surface area is 131 Å². The van der Waals surface area contributed by atoms with Crippen LogP contribution in [0.3, 0.4) is 0 Å². The van der Waals surface area contributed by atoms with Gasteiger partial charge in [0, 0.05) is 18.3 Å². The molecule has 0 spiro atoms. The van der Waals surface area contributed by atoms with E-state index in [0.717, 1.165) is 4.90 Å². The van der Waals surface area contributed by atoms with Gasteiger partial charge in [-0.3, -0.25) is 9.36 Å². The molecule has 0 bridgehead atoms. The number of aromatic nitrogens is 1. The average Bonchev–Trinajstić information content (AvgIpc) is 2.99. The molecule has 1 amide bonds. The van der Waals surface area contributed by atoms with E-state index in [1.165, 1.54) is 18.2 Å². The fourth-order valence-corrected chi connectivity index (χ4v) is 2.57. The van der Waals surface area contributed by atoms with Gasteiger partial charge in [0.2, 0.25) is 0 Å². The molecule has 24 heavy (non-hydrogen) atoms. The largest absolute Gasteiger partial charge is 0.420 e. The van der Waals surface area contributed by atoms with Crippen LogP contribution in [0, 0.1) is 0 Å². The highest BCUT2D eigenvalue weighted by Crippen LogP contribution is 2.31. The van der Waals surface area contributed by atoms with Gasteiger partial charge in [-0.05, 0) is 12.1 Å². The normalized spacial score (nSPS) is 21.6. The van der Waals surface area contributed by atoms with E-state index in [0.29, 0.717) is 4.57 Å². The standard InChI is InChI=1S/C13H12F3N3O5/c14-12(15,16)6-18-8-2-1-7(5-9(8)24-11(18)21)19-3-4-23-13(19,22)10(17)20/h1-2,5,22H,3-4,6H2,(H2,17,20)/t13-/m0/s1. The number of halogens is 3. The van der Waals surface area contributed by atoms with Crippen LogP contribution >= 0.6 is 0 Å². The lowest BCUT2D eigenvalue weighted by Gasteiger charge is -2.30. The number of hydrogen-bond donors (Lipinski definition) is 2. The van der Waals surface area contributed by atoms with Gasteiger partial charge >= 0.3 is 23.8 Å². The summed E-state index contributed by atoms with van der Waals surface area (Å²) in [4.78, 5) is 24.1. The van der Waals surface area contributed by atoms with Gasteiger partial charge in [0.05, 0.1) is 12.1 Å². The minimum absolute atomic E-state index is 0.0104. The van der Waals surface area contributed by atoms with Crippen LogP contribution in [-0.2, 0) is 16.1 Å². The summed E-state index contributed by atoms with van der Waals surface area (Å²) in [7, 11) is 0. The van der Waals surface area contributed by atoms with Crippen LogP contribution in [0.25, 0.3) is 11.1 Å². The molecular formula is C13H12F3N3O5. The van der Waals surface area contributed by atoms with Gasteiger partial charge in [-0.2, -0.15) is 13.2 Å².